The maximum atomic E-state index is 12.5. The summed E-state index contributed by atoms with van der Waals surface area (Å²) in [6.45, 7) is 2.64. The third kappa shape index (κ3) is 3.15. The molecule has 7 heteroatoms. The Kier molecular flexibility index (Phi) is 4.12. The number of amides is 3. The first-order chi connectivity index (χ1) is 12.6. The summed E-state index contributed by atoms with van der Waals surface area (Å²) in [4.78, 5) is 23.7. The van der Waals surface area contributed by atoms with E-state index in [-0.39, 0.29) is 11.9 Å². The van der Waals surface area contributed by atoms with E-state index in [1.54, 1.807) is 24.3 Å². The van der Waals surface area contributed by atoms with Crippen molar-refractivity contribution in [1.82, 2.24) is 0 Å². The smallest absolute Gasteiger partial charge is 0.323 e. The van der Waals surface area contributed by atoms with E-state index in [0.717, 1.165) is 35.5 Å². The van der Waals surface area contributed by atoms with Gasteiger partial charge >= 0.3 is 6.03 Å². The molecule has 2 aromatic rings. The van der Waals surface area contributed by atoms with Crippen molar-refractivity contribution in [2.24, 2.45) is 0 Å². The maximum absolute atomic E-state index is 12.5. The fourth-order valence-corrected chi connectivity index (χ4v) is 3.27. The molecule has 26 heavy (non-hydrogen) atoms. The number of benzene rings is 2. The largest absolute Gasteiger partial charge is 0.493 e. The molecule has 0 saturated carbocycles. The first kappa shape index (κ1) is 16.3. The Morgan fingerprint density at radius 3 is 2.54 bits per heavy atom. The molecule has 2 aliphatic heterocycles. The summed E-state index contributed by atoms with van der Waals surface area (Å²) in [5.74, 6) is 1.38. The van der Waals surface area contributed by atoms with Crippen molar-refractivity contribution in [3.63, 3.8) is 0 Å². The summed E-state index contributed by atoms with van der Waals surface area (Å²) in [6.07, 6.45) is 1.54. The van der Waals surface area contributed by atoms with E-state index in [4.69, 9.17) is 9.47 Å². The Bertz CT molecular complexity index is 862. The van der Waals surface area contributed by atoms with Crippen molar-refractivity contribution < 1.29 is 19.1 Å². The molecule has 2 heterocycles. The van der Waals surface area contributed by atoms with Gasteiger partial charge in [0.2, 0.25) is 5.91 Å². The van der Waals surface area contributed by atoms with Gasteiger partial charge in [-0.25, -0.2) is 4.79 Å². The molecule has 3 amide bonds. The van der Waals surface area contributed by atoms with Gasteiger partial charge in [-0.2, -0.15) is 0 Å². The molecule has 0 atom stereocenters. The van der Waals surface area contributed by atoms with Crippen LogP contribution in [0.4, 0.5) is 21.9 Å². The molecule has 2 aromatic carbocycles. The number of urea groups is 1. The quantitative estimate of drug-likeness (QED) is 0.791. The first-order valence-electron chi connectivity index (χ1n) is 8.50. The topological polar surface area (TPSA) is 88.7 Å². The van der Waals surface area contributed by atoms with Crippen LogP contribution in [0.2, 0.25) is 0 Å². The van der Waals surface area contributed by atoms with Crippen molar-refractivity contribution in [2.75, 3.05) is 29.2 Å². The molecule has 0 fully saturated rings. The van der Waals surface area contributed by atoms with Gasteiger partial charge in [0.25, 0.3) is 0 Å². The monoisotopic (exact) mass is 353 g/mol. The molecule has 2 aliphatic rings. The molecule has 0 spiro atoms. The summed E-state index contributed by atoms with van der Waals surface area (Å²) in [7, 11) is 0. The second kappa shape index (κ2) is 6.59. The minimum absolute atomic E-state index is 0.167. The van der Waals surface area contributed by atoms with E-state index in [1.165, 1.54) is 6.92 Å². The molecular weight excluding hydrogens is 334 g/mol. The molecular formula is C19H19N3O4. The van der Waals surface area contributed by atoms with Gasteiger partial charge in [0.05, 0.1) is 18.9 Å². The van der Waals surface area contributed by atoms with Crippen molar-refractivity contribution in [3.05, 3.63) is 41.5 Å². The van der Waals surface area contributed by atoms with Gasteiger partial charge in [-0.3, -0.25) is 4.79 Å². The van der Waals surface area contributed by atoms with Gasteiger partial charge in [0.1, 0.15) is 11.5 Å². The van der Waals surface area contributed by atoms with E-state index in [9.17, 15) is 9.59 Å². The third-order valence-corrected chi connectivity index (χ3v) is 4.33. The van der Waals surface area contributed by atoms with Gasteiger partial charge in [-0.15, -0.1) is 0 Å². The van der Waals surface area contributed by atoms with Crippen LogP contribution in [0.15, 0.2) is 30.3 Å². The molecule has 0 aliphatic carbocycles. The van der Waals surface area contributed by atoms with Crippen molar-refractivity contribution in [1.29, 1.82) is 0 Å². The lowest BCUT2D eigenvalue weighted by Crippen LogP contribution is -2.20. The standard InChI is InChI=1S/C19H19N3O4/c1-11(23)20-13-3-2-4-14(10-13)21-19(24)22-17-15-6-8-25-16(15)9-12-5-7-26-18(12)17/h2-4,9-10H,5-8H2,1H3,(H,20,23)(H2,21,22,24). The lowest BCUT2D eigenvalue weighted by atomic mass is 10.0. The van der Waals surface area contributed by atoms with Crippen molar-refractivity contribution in [3.8, 4) is 11.5 Å². The Morgan fingerprint density at radius 1 is 0.962 bits per heavy atom. The molecule has 7 nitrogen and oxygen atoms in total. The number of hydrogen-bond donors (Lipinski definition) is 3. The Labute approximate surface area is 150 Å². The summed E-state index contributed by atoms with van der Waals surface area (Å²) < 4.78 is 11.4. The first-order valence-corrected chi connectivity index (χ1v) is 8.50. The van der Waals surface area contributed by atoms with Crippen LogP contribution in [0, 0.1) is 0 Å². The zero-order chi connectivity index (χ0) is 18.1. The summed E-state index contributed by atoms with van der Waals surface area (Å²) in [5, 5.41) is 8.39. The van der Waals surface area contributed by atoms with Gasteiger partial charge in [0, 0.05) is 42.3 Å². The predicted octanol–water partition coefficient (Wildman–Crippen LogP) is 3.16. The summed E-state index contributed by atoms with van der Waals surface area (Å²) >= 11 is 0. The number of hydrogen-bond acceptors (Lipinski definition) is 4. The third-order valence-electron chi connectivity index (χ3n) is 4.33. The Hall–Kier alpha value is -3.22. The number of anilines is 3. The highest BCUT2D eigenvalue weighted by molar-refractivity contribution is 6.02. The van der Waals surface area contributed by atoms with Crippen LogP contribution in [-0.2, 0) is 17.6 Å². The lowest BCUT2D eigenvalue weighted by Gasteiger charge is -2.15. The number of carbonyl (C=O) groups excluding carboxylic acids is 2. The van der Waals surface area contributed by atoms with Crippen LogP contribution in [0.3, 0.4) is 0 Å². The molecule has 4 rings (SSSR count). The van der Waals surface area contributed by atoms with Crippen LogP contribution < -0.4 is 25.4 Å². The fraction of sp³-hybridized carbons (Fsp3) is 0.263. The van der Waals surface area contributed by atoms with Crippen molar-refractivity contribution >= 4 is 29.0 Å². The van der Waals surface area contributed by atoms with Gasteiger partial charge in [-0.1, -0.05) is 6.07 Å². The SMILES string of the molecule is CC(=O)Nc1cccc(NC(=O)Nc2c3c(cc4c2OCC4)OCC3)c1. The zero-order valence-electron chi connectivity index (χ0n) is 14.3. The van der Waals surface area contributed by atoms with Gasteiger partial charge in [-0.05, 0) is 24.3 Å². The zero-order valence-corrected chi connectivity index (χ0v) is 14.3. The van der Waals surface area contributed by atoms with Crippen LogP contribution in [0.5, 0.6) is 11.5 Å². The molecule has 0 radical (unpaired) electrons. The number of rotatable bonds is 3. The fourth-order valence-electron chi connectivity index (χ4n) is 3.27. The van der Waals surface area contributed by atoms with E-state index in [1.807, 2.05) is 6.07 Å². The number of ether oxygens (including phenoxy) is 2. The number of fused-ring (bicyclic) bond motifs is 2. The Morgan fingerprint density at radius 2 is 1.73 bits per heavy atom. The molecule has 0 saturated heterocycles. The summed E-state index contributed by atoms with van der Waals surface area (Å²) in [5.41, 5.74) is 3.90. The molecule has 134 valence electrons. The predicted molar refractivity (Wildman–Crippen MR) is 98.2 cm³/mol. The van der Waals surface area contributed by atoms with E-state index >= 15 is 0 Å². The van der Waals surface area contributed by atoms with Gasteiger partial charge < -0.3 is 25.4 Å². The Balaban J connectivity index is 1.54. The average Bonchev–Trinajstić information content (AvgIpc) is 3.23. The van der Waals surface area contributed by atoms with Crippen LogP contribution >= 0.6 is 0 Å². The van der Waals surface area contributed by atoms with E-state index in [2.05, 4.69) is 16.0 Å². The minimum Gasteiger partial charge on any atom is -0.493 e. The van der Waals surface area contributed by atoms with E-state index < -0.39 is 0 Å². The molecule has 0 aromatic heterocycles. The van der Waals surface area contributed by atoms with Crippen molar-refractivity contribution in [2.45, 2.75) is 19.8 Å². The normalized spacial score (nSPS) is 13.9. The van der Waals surface area contributed by atoms with Gasteiger partial charge in [0.15, 0.2) is 0 Å². The molecule has 3 N–H and O–H groups in total. The average molecular weight is 353 g/mol. The highest BCUT2D eigenvalue weighted by atomic mass is 16.5. The van der Waals surface area contributed by atoms with Crippen LogP contribution in [0.1, 0.15) is 18.1 Å². The molecule has 0 unspecified atom stereocenters. The minimum atomic E-state index is -0.372. The van der Waals surface area contributed by atoms with Crippen LogP contribution in [-0.4, -0.2) is 25.2 Å². The lowest BCUT2D eigenvalue weighted by molar-refractivity contribution is -0.114. The second-order valence-corrected chi connectivity index (χ2v) is 6.25. The van der Waals surface area contributed by atoms with E-state index in [0.29, 0.717) is 30.3 Å². The number of carbonyl (C=O) groups is 2. The second-order valence-electron chi connectivity index (χ2n) is 6.25. The maximum Gasteiger partial charge on any atom is 0.323 e. The summed E-state index contributed by atoms with van der Waals surface area (Å²) in [6, 6.07) is 8.60. The number of nitrogens with one attached hydrogen (secondary N) is 3. The highest BCUT2D eigenvalue weighted by Crippen LogP contribution is 2.44. The highest BCUT2D eigenvalue weighted by Gasteiger charge is 2.27. The molecule has 0 bridgehead atoms. The van der Waals surface area contributed by atoms with Crippen LogP contribution in [0.25, 0.3) is 0 Å².